The fourth-order valence-corrected chi connectivity index (χ4v) is 3.92. The number of amidine groups is 1. The number of nitrogens with zero attached hydrogens (tertiary/aromatic N) is 3. The average molecular weight is 368 g/mol. The van der Waals surface area contributed by atoms with Crippen molar-refractivity contribution < 1.29 is 9.21 Å². The Morgan fingerprint density at radius 3 is 2.88 bits per heavy atom. The summed E-state index contributed by atoms with van der Waals surface area (Å²) in [7, 11) is 0. The summed E-state index contributed by atoms with van der Waals surface area (Å²) in [6, 6.07) is 11.4. The van der Waals surface area contributed by atoms with Gasteiger partial charge < -0.3 is 4.42 Å². The van der Waals surface area contributed by atoms with E-state index >= 15 is 0 Å². The number of hydrazone groups is 1. The van der Waals surface area contributed by atoms with Gasteiger partial charge in [-0.1, -0.05) is 43.3 Å². The molecule has 1 atom stereocenters. The number of aryl methyl sites for hydroxylation is 1. The van der Waals surface area contributed by atoms with Crippen LogP contribution in [0.4, 0.5) is 0 Å². The number of amides is 1. The van der Waals surface area contributed by atoms with Gasteiger partial charge in [-0.2, -0.15) is 0 Å². The quantitative estimate of drug-likeness (QED) is 0.841. The monoisotopic (exact) mass is 368 g/mol. The first-order chi connectivity index (χ1) is 12.7. The van der Waals surface area contributed by atoms with Crippen molar-refractivity contribution >= 4 is 28.5 Å². The van der Waals surface area contributed by atoms with E-state index in [1.54, 1.807) is 16.8 Å². The van der Waals surface area contributed by atoms with Crippen molar-refractivity contribution in [1.82, 2.24) is 10.3 Å². The smallest absolute Gasteiger partial charge is 0.276 e. The molecule has 134 valence electrons. The normalized spacial score (nSPS) is 18.6. The van der Waals surface area contributed by atoms with Gasteiger partial charge >= 0.3 is 0 Å². The lowest BCUT2D eigenvalue weighted by Gasteiger charge is -2.32. The third-order valence-corrected chi connectivity index (χ3v) is 5.22. The van der Waals surface area contributed by atoms with Crippen LogP contribution in [-0.2, 0) is 4.79 Å². The molecule has 7 heteroatoms. The van der Waals surface area contributed by atoms with Crippen LogP contribution in [0.15, 0.2) is 50.9 Å². The maximum atomic E-state index is 12.9. The van der Waals surface area contributed by atoms with Crippen molar-refractivity contribution in [1.29, 1.82) is 0 Å². The molecular weight excluding hydrogens is 348 g/mol. The predicted octanol–water partition coefficient (Wildman–Crippen LogP) is 2.26. The Hall–Kier alpha value is -2.54. The van der Waals surface area contributed by atoms with Crippen LogP contribution in [0.3, 0.4) is 0 Å². The van der Waals surface area contributed by atoms with Crippen LogP contribution < -0.4 is 15.9 Å². The number of carbonyl (C=O) groups is 1. The van der Waals surface area contributed by atoms with Crippen LogP contribution in [-0.4, -0.2) is 21.8 Å². The molecule has 0 saturated carbocycles. The Labute approximate surface area is 155 Å². The first-order valence-corrected chi connectivity index (χ1v) is 9.71. The number of hydrogen-bond acceptors (Lipinski definition) is 6. The molecule has 1 N–H and O–H groups in total. The standard InChI is InChI=1S/C19H20N4O2S/c1-3-4-11-26-19-21-18(24)16-13-7-5-6-8-14(13)20-17(23(16)22-19)15-10-9-12(2)25-15/h5-10,17H,3-4,11H2,1-2H3,(H,21,22,24)/t17-/m0/s1. The summed E-state index contributed by atoms with van der Waals surface area (Å²) < 4.78 is 5.80. The van der Waals surface area contributed by atoms with E-state index < -0.39 is 6.17 Å². The highest BCUT2D eigenvalue weighted by Gasteiger charge is 2.35. The zero-order valence-electron chi connectivity index (χ0n) is 14.7. The summed E-state index contributed by atoms with van der Waals surface area (Å²) in [5.74, 6) is 2.23. The Bertz CT molecular complexity index is 995. The van der Waals surface area contributed by atoms with E-state index in [0.717, 1.165) is 34.9 Å². The summed E-state index contributed by atoms with van der Waals surface area (Å²) >= 11 is 1.56. The largest absolute Gasteiger partial charge is 0.462 e. The predicted molar refractivity (Wildman–Crippen MR) is 102 cm³/mol. The zero-order chi connectivity index (χ0) is 18.1. The molecule has 2 aliphatic rings. The maximum Gasteiger partial charge on any atom is 0.276 e. The van der Waals surface area contributed by atoms with E-state index in [0.29, 0.717) is 16.6 Å². The van der Waals surface area contributed by atoms with Crippen LogP contribution in [0, 0.1) is 6.92 Å². The van der Waals surface area contributed by atoms with Crippen molar-refractivity contribution in [3.8, 4) is 0 Å². The summed E-state index contributed by atoms with van der Waals surface area (Å²) in [6.45, 7) is 4.03. The molecule has 2 aliphatic heterocycles. The lowest BCUT2D eigenvalue weighted by molar-refractivity contribution is -0.116. The molecule has 0 aliphatic carbocycles. The van der Waals surface area contributed by atoms with Crippen molar-refractivity contribution in [2.45, 2.75) is 32.9 Å². The summed E-state index contributed by atoms with van der Waals surface area (Å²) in [5.41, 5.74) is 0.509. The van der Waals surface area contributed by atoms with Crippen molar-refractivity contribution in [2.75, 3.05) is 5.75 Å². The van der Waals surface area contributed by atoms with Gasteiger partial charge in [-0.25, -0.2) is 10.0 Å². The van der Waals surface area contributed by atoms with Crippen molar-refractivity contribution in [3.63, 3.8) is 0 Å². The van der Waals surface area contributed by atoms with Gasteiger partial charge in [0.1, 0.15) is 11.5 Å². The lowest BCUT2D eigenvalue weighted by atomic mass is 10.1. The van der Waals surface area contributed by atoms with Crippen LogP contribution in [0.25, 0.3) is 5.70 Å². The molecule has 0 spiro atoms. The summed E-state index contributed by atoms with van der Waals surface area (Å²) in [4.78, 5) is 17.7. The summed E-state index contributed by atoms with van der Waals surface area (Å²) in [6.07, 6.45) is 1.69. The number of benzene rings is 1. The number of hydrogen-bond donors (Lipinski definition) is 1. The zero-order valence-corrected chi connectivity index (χ0v) is 15.5. The van der Waals surface area contributed by atoms with Gasteiger partial charge in [0.15, 0.2) is 10.9 Å². The molecule has 2 aromatic rings. The van der Waals surface area contributed by atoms with Gasteiger partial charge in [0, 0.05) is 11.0 Å². The second-order valence-corrected chi connectivity index (χ2v) is 7.31. The molecule has 0 bridgehead atoms. The molecule has 0 unspecified atom stereocenters. The number of thioether (sulfide) groups is 1. The molecule has 4 rings (SSSR count). The third kappa shape index (κ3) is 3.03. The van der Waals surface area contributed by atoms with Gasteiger partial charge in [0.05, 0.1) is 5.36 Å². The Morgan fingerprint density at radius 1 is 1.27 bits per heavy atom. The number of rotatable bonds is 4. The fraction of sp³-hybridized carbons (Fsp3) is 0.316. The van der Waals surface area contributed by atoms with Crippen LogP contribution in [0.2, 0.25) is 0 Å². The van der Waals surface area contributed by atoms with Crippen LogP contribution >= 0.6 is 11.8 Å². The van der Waals surface area contributed by atoms with Crippen molar-refractivity contribution in [3.05, 3.63) is 58.5 Å². The molecule has 1 aromatic heterocycles. The molecule has 6 nitrogen and oxygen atoms in total. The molecule has 0 saturated heterocycles. The number of unbranched alkanes of at least 4 members (excludes halogenated alkanes) is 1. The number of nitrogens with one attached hydrogen (secondary N) is 1. The molecule has 3 heterocycles. The minimum atomic E-state index is -0.485. The van der Waals surface area contributed by atoms with Crippen molar-refractivity contribution in [2.24, 2.45) is 10.1 Å². The van der Waals surface area contributed by atoms with Gasteiger partial charge in [-0.3, -0.25) is 10.1 Å². The Morgan fingerprint density at radius 2 is 2.12 bits per heavy atom. The highest BCUT2D eigenvalue weighted by atomic mass is 32.2. The van der Waals surface area contributed by atoms with Crippen LogP contribution in [0.1, 0.15) is 37.5 Å². The second-order valence-electron chi connectivity index (χ2n) is 6.22. The topological polar surface area (TPSA) is 70.2 Å². The van der Waals surface area contributed by atoms with Gasteiger partial charge in [0.25, 0.3) is 5.91 Å². The van der Waals surface area contributed by atoms with E-state index in [-0.39, 0.29) is 5.91 Å². The molecular formula is C19H20N4O2S. The lowest BCUT2D eigenvalue weighted by Crippen LogP contribution is -2.50. The molecule has 26 heavy (non-hydrogen) atoms. The maximum absolute atomic E-state index is 12.9. The highest BCUT2D eigenvalue weighted by molar-refractivity contribution is 8.13. The SMILES string of the molecule is CCCCSC1=NN2C(=c3ccccc3=N[C@@H]2c2ccc(C)o2)C(=O)N1. The van der Waals surface area contributed by atoms with E-state index in [9.17, 15) is 4.79 Å². The van der Waals surface area contributed by atoms with E-state index in [1.165, 1.54) is 0 Å². The van der Waals surface area contributed by atoms with Crippen LogP contribution in [0.5, 0.6) is 0 Å². The molecule has 1 aromatic carbocycles. The van der Waals surface area contributed by atoms with E-state index in [1.807, 2.05) is 43.3 Å². The van der Waals surface area contributed by atoms with Gasteiger partial charge in [-0.05, 0) is 31.5 Å². The number of para-hydroxylation sites is 1. The number of carbonyl (C=O) groups excluding carboxylic acids is 1. The third-order valence-electron chi connectivity index (χ3n) is 4.27. The molecule has 0 radical (unpaired) electrons. The average Bonchev–Trinajstić information content (AvgIpc) is 3.07. The van der Waals surface area contributed by atoms with E-state index in [2.05, 4.69) is 17.3 Å². The second kappa shape index (κ2) is 6.99. The number of furan rings is 1. The van der Waals surface area contributed by atoms with E-state index in [4.69, 9.17) is 9.41 Å². The summed E-state index contributed by atoms with van der Waals surface area (Å²) in [5, 5.41) is 11.4. The first-order valence-electron chi connectivity index (χ1n) is 8.73. The number of fused-ring (bicyclic) bond motifs is 2. The molecule has 0 fully saturated rings. The highest BCUT2D eigenvalue weighted by Crippen LogP contribution is 2.31. The minimum absolute atomic E-state index is 0.158. The van der Waals surface area contributed by atoms with Gasteiger partial charge in [0.2, 0.25) is 6.17 Å². The molecule has 1 amide bonds. The minimum Gasteiger partial charge on any atom is -0.462 e. The Kier molecular flexibility index (Phi) is 4.55. The Balaban J connectivity index is 1.83. The van der Waals surface area contributed by atoms with Gasteiger partial charge in [-0.15, -0.1) is 5.10 Å². The fourth-order valence-electron chi connectivity index (χ4n) is 2.98. The first kappa shape index (κ1) is 16.9.